The summed E-state index contributed by atoms with van der Waals surface area (Å²) in [6.45, 7) is 6.29. The van der Waals surface area contributed by atoms with Crippen LogP contribution in [-0.4, -0.2) is 45.8 Å². The van der Waals surface area contributed by atoms with Crippen molar-refractivity contribution in [2.75, 3.05) is 12.8 Å². The van der Waals surface area contributed by atoms with Crippen molar-refractivity contribution in [1.29, 1.82) is 0 Å². The molecule has 2 atom stereocenters. The molecule has 2 unspecified atom stereocenters. The van der Waals surface area contributed by atoms with E-state index >= 15 is 0 Å². The summed E-state index contributed by atoms with van der Waals surface area (Å²) in [4.78, 5) is 26.3. The lowest BCUT2D eigenvalue weighted by Gasteiger charge is -2.44. The predicted octanol–water partition coefficient (Wildman–Crippen LogP) is 1.40. The molecule has 1 saturated carbocycles. The van der Waals surface area contributed by atoms with Crippen LogP contribution < -0.4 is 5.32 Å². The summed E-state index contributed by atoms with van der Waals surface area (Å²) in [6, 6.07) is -0.346. The lowest BCUT2D eigenvalue weighted by molar-refractivity contribution is -0.153. The van der Waals surface area contributed by atoms with Gasteiger partial charge in [-0.05, 0) is 39.4 Å². The summed E-state index contributed by atoms with van der Waals surface area (Å²) in [7, 11) is 0. The van der Waals surface area contributed by atoms with Gasteiger partial charge in [0.1, 0.15) is 11.6 Å². The maximum absolute atomic E-state index is 12.6. The van der Waals surface area contributed by atoms with Gasteiger partial charge in [0, 0.05) is 11.3 Å². The fraction of sp³-hybridized carbons (Fsp3) is 0.846. The zero-order valence-corrected chi connectivity index (χ0v) is 12.4. The quantitative estimate of drug-likeness (QED) is 0.840. The van der Waals surface area contributed by atoms with E-state index in [9.17, 15) is 9.59 Å². The molecule has 2 rings (SSSR count). The highest BCUT2D eigenvalue weighted by molar-refractivity contribution is 8.00. The van der Waals surface area contributed by atoms with E-state index in [0.29, 0.717) is 13.0 Å². The Morgan fingerprint density at radius 2 is 2.06 bits per heavy atom. The molecule has 1 aliphatic heterocycles. The molecule has 1 heterocycles. The van der Waals surface area contributed by atoms with Crippen molar-refractivity contribution in [3.05, 3.63) is 0 Å². The van der Waals surface area contributed by atoms with Crippen LogP contribution in [0.25, 0.3) is 0 Å². The molecule has 4 nitrogen and oxygen atoms in total. The number of piperazine rings is 1. The van der Waals surface area contributed by atoms with E-state index in [1.807, 2.05) is 32.5 Å². The van der Waals surface area contributed by atoms with E-state index in [4.69, 9.17) is 0 Å². The van der Waals surface area contributed by atoms with Gasteiger partial charge in [-0.1, -0.05) is 6.92 Å². The van der Waals surface area contributed by atoms with Crippen LogP contribution in [0, 0.1) is 0 Å². The largest absolute Gasteiger partial charge is 0.340 e. The van der Waals surface area contributed by atoms with Crippen LogP contribution >= 0.6 is 11.8 Å². The third kappa shape index (κ3) is 2.13. The molecule has 18 heavy (non-hydrogen) atoms. The van der Waals surface area contributed by atoms with E-state index in [-0.39, 0.29) is 22.6 Å². The molecule has 0 bridgehead atoms. The molecule has 102 valence electrons. The monoisotopic (exact) mass is 270 g/mol. The second-order valence-corrected chi connectivity index (χ2v) is 6.95. The molecular formula is C13H22N2O2S. The maximum Gasteiger partial charge on any atom is 0.248 e. The third-order valence-electron chi connectivity index (χ3n) is 4.39. The second kappa shape index (κ2) is 4.44. The summed E-state index contributed by atoms with van der Waals surface area (Å²) in [6.07, 6.45) is 5.02. The average Bonchev–Trinajstić information content (AvgIpc) is 3.13. The standard InChI is InChI=1S/C13H22N2O2S/c1-5-12(3)11(17)15(9(2)10(16)14-12)8-13(18-4)6-7-13/h9H,5-8H2,1-4H3,(H,14,16). The molecule has 1 aliphatic carbocycles. The Hall–Kier alpha value is -0.710. The van der Waals surface area contributed by atoms with Crippen LogP contribution in [0.2, 0.25) is 0 Å². The number of carbonyl (C=O) groups is 2. The van der Waals surface area contributed by atoms with Crippen molar-refractivity contribution in [2.24, 2.45) is 0 Å². The summed E-state index contributed by atoms with van der Waals surface area (Å²) in [5, 5.41) is 2.86. The number of hydrogen-bond acceptors (Lipinski definition) is 3. The Labute approximate surface area is 113 Å². The number of rotatable bonds is 4. The Bertz CT molecular complexity index is 381. The third-order valence-corrected chi connectivity index (χ3v) is 5.79. The Morgan fingerprint density at radius 1 is 1.44 bits per heavy atom. The Kier molecular flexibility index (Phi) is 3.38. The molecule has 0 spiro atoms. The molecule has 5 heteroatoms. The fourth-order valence-corrected chi connectivity index (χ4v) is 3.17. The van der Waals surface area contributed by atoms with Crippen molar-refractivity contribution in [3.8, 4) is 0 Å². The number of nitrogens with zero attached hydrogens (tertiary/aromatic N) is 1. The summed E-state index contributed by atoms with van der Waals surface area (Å²) in [5.41, 5.74) is -0.724. The molecule has 0 aromatic carbocycles. The lowest BCUT2D eigenvalue weighted by atomic mass is 9.92. The highest BCUT2D eigenvalue weighted by Crippen LogP contribution is 2.48. The predicted molar refractivity (Wildman–Crippen MR) is 73.5 cm³/mol. The average molecular weight is 270 g/mol. The molecule has 1 saturated heterocycles. The summed E-state index contributed by atoms with van der Waals surface area (Å²) >= 11 is 1.82. The smallest absolute Gasteiger partial charge is 0.248 e. The molecule has 0 aromatic rings. The first-order valence-electron chi connectivity index (χ1n) is 6.56. The molecule has 0 radical (unpaired) electrons. The van der Waals surface area contributed by atoms with Gasteiger partial charge in [0.15, 0.2) is 0 Å². The first-order valence-corrected chi connectivity index (χ1v) is 7.78. The maximum atomic E-state index is 12.6. The summed E-state index contributed by atoms with van der Waals surface area (Å²) < 4.78 is 0.205. The lowest BCUT2D eigenvalue weighted by Crippen LogP contribution is -2.69. The van der Waals surface area contributed by atoms with Gasteiger partial charge in [0.2, 0.25) is 11.8 Å². The van der Waals surface area contributed by atoms with Crippen LogP contribution in [0.4, 0.5) is 0 Å². The van der Waals surface area contributed by atoms with Crippen LogP contribution in [0.3, 0.4) is 0 Å². The molecule has 2 amide bonds. The van der Waals surface area contributed by atoms with Gasteiger partial charge in [-0.3, -0.25) is 9.59 Å². The first-order chi connectivity index (χ1) is 8.37. The van der Waals surface area contributed by atoms with Gasteiger partial charge in [0.25, 0.3) is 0 Å². The van der Waals surface area contributed by atoms with Gasteiger partial charge in [0.05, 0.1) is 0 Å². The molecule has 2 fully saturated rings. The van der Waals surface area contributed by atoms with Crippen molar-refractivity contribution >= 4 is 23.6 Å². The van der Waals surface area contributed by atoms with Crippen LogP contribution in [0.1, 0.15) is 40.0 Å². The normalized spacial score (nSPS) is 34.4. The second-order valence-electron chi connectivity index (χ2n) is 5.67. The van der Waals surface area contributed by atoms with E-state index < -0.39 is 5.54 Å². The minimum atomic E-state index is -0.724. The SMILES string of the molecule is CCC1(C)NC(=O)C(C)N(CC2(SC)CC2)C1=O. The highest BCUT2D eigenvalue weighted by Gasteiger charge is 2.51. The highest BCUT2D eigenvalue weighted by atomic mass is 32.2. The van der Waals surface area contributed by atoms with Crippen molar-refractivity contribution in [2.45, 2.75) is 56.4 Å². The van der Waals surface area contributed by atoms with Crippen LogP contribution in [0.5, 0.6) is 0 Å². The van der Waals surface area contributed by atoms with Gasteiger partial charge in [-0.25, -0.2) is 0 Å². The van der Waals surface area contributed by atoms with Gasteiger partial charge in [-0.15, -0.1) is 0 Å². The van der Waals surface area contributed by atoms with Crippen LogP contribution in [-0.2, 0) is 9.59 Å². The molecular weight excluding hydrogens is 248 g/mol. The van der Waals surface area contributed by atoms with Crippen molar-refractivity contribution in [1.82, 2.24) is 10.2 Å². The minimum Gasteiger partial charge on any atom is -0.340 e. The number of carbonyl (C=O) groups excluding carboxylic acids is 2. The number of thioether (sulfide) groups is 1. The number of hydrogen-bond donors (Lipinski definition) is 1. The van der Waals surface area contributed by atoms with Gasteiger partial charge >= 0.3 is 0 Å². The number of amides is 2. The Balaban J connectivity index is 2.20. The summed E-state index contributed by atoms with van der Waals surface area (Å²) in [5.74, 6) is 0.0354. The van der Waals surface area contributed by atoms with Crippen molar-refractivity contribution < 1.29 is 9.59 Å². The topological polar surface area (TPSA) is 49.4 Å². The fourth-order valence-electron chi connectivity index (χ4n) is 2.39. The van der Waals surface area contributed by atoms with Crippen molar-refractivity contribution in [3.63, 3.8) is 0 Å². The van der Waals surface area contributed by atoms with Crippen LogP contribution in [0.15, 0.2) is 0 Å². The molecule has 1 N–H and O–H groups in total. The molecule has 2 aliphatic rings. The minimum absolute atomic E-state index is 0.0316. The zero-order valence-electron chi connectivity index (χ0n) is 11.6. The number of nitrogens with one attached hydrogen (secondary N) is 1. The Morgan fingerprint density at radius 3 is 2.50 bits per heavy atom. The van der Waals surface area contributed by atoms with E-state index in [1.165, 1.54) is 0 Å². The van der Waals surface area contributed by atoms with E-state index in [2.05, 4.69) is 11.6 Å². The van der Waals surface area contributed by atoms with Gasteiger partial charge < -0.3 is 10.2 Å². The van der Waals surface area contributed by atoms with E-state index in [0.717, 1.165) is 12.8 Å². The van der Waals surface area contributed by atoms with E-state index in [1.54, 1.807) is 4.90 Å². The zero-order chi connectivity index (χ0) is 13.6. The first kappa shape index (κ1) is 13.7. The molecule has 0 aromatic heterocycles. The van der Waals surface area contributed by atoms with Gasteiger partial charge in [-0.2, -0.15) is 11.8 Å².